The molecule has 0 bridgehead atoms. The molecule has 7 nitrogen and oxygen atoms in total. The van der Waals surface area contributed by atoms with E-state index >= 15 is 0 Å². The van der Waals surface area contributed by atoms with Crippen LogP contribution in [0, 0.1) is 13.8 Å². The van der Waals surface area contributed by atoms with Gasteiger partial charge in [-0.2, -0.15) is 5.10 Å². The second-order valence-electron chi connectivity index (χ2n) is 9.47. The van der Waals surface area contributed by atoms with Crippen LogP contribution >= 0.6 is 11.3 Å². The van der Waals surface area contributed by atoms with E-state index in [9.17, 15) is 4.79 Å². The lowest BCUT2D eigenvalue weighted by Gasteiger charge is -2.28. The Morgan fingerprint density at radius 2 is 2.12 bits per heavy atom. The lowest BCUT2D eigenvalue weighted by atomic mass is 10.1. The SMILES string of the molecule is Cc1cc(C)c2[nH]nc(-c3nc(C(=O)N4CCC(N(C)C(C)C)C4)c(-c4cccnc4)s3)c2c1. The topological polar surface area (TPSA) is 78.0 Å². The van der Waals surface area contributed by atoms with Gasteiger partial charge in [-0.15, -0.1) is 11.3 Å². The van der Waals surface area contributed by atoms with E-state index in [-0.39, 0.29) is 5.91 Å². The first-order chi connectivity index (χ1) is 16.3. The molecule has 5 rings (SSSR count). The predicted molar refractivity (Wildman–Crippen MR) is 137 cm³/mol. The summed E-state index contributed by atoms with van der Waals surface area (Å²) >= 11 is 1.50. The van der Waals surface area contributed by atoms with Crippen molar-refractivity contribution in [3.63, 3.8) is 0 Å². The van der Waals surface area contributed by atoms with Gasteiger partial charge in [-0.05, 0) is 58.9 Å². The van der Waals surface area contributed by atoms with Gasteiger partial charge >= 0.3 is 0 Å². The first kappa shape index (κ1) is 22.7. The van der Waals surface area contributed by atoms with Crippen molar-refractivity contribution in [1.29, 1.82) is 0 Å². The lowest BCUT2D eigenvalue weighted by Crippen LogP contribution is -2.40. The van der Waals surface area contributed by atoms with Crippen molar-refractivity contribution in [3.05, 3.63) is 53.5 Å². The fourth-order valence-corrected chi connectivity index (χ4v) is 5.78. The highest BCUT2D eigenvalue weighted by molar-refractivity contribution is 7.18. The van der Waals surface area contributed by atoms with Crippen LogP contribution in [0.3, 0.4) is 0 Å². The summed E-state index contributed by atoms with van der Waals surface area (Å²) in [6, 6.07) is 8.95. The smallest absolute Gasteiger partial charge is 0.274 e. The van der Waals surface area contributed by atoms with Gasteiger partial charge in [-0.25, -0.2) is 4.98 Å². The maximum absolute atomic E-state index is 13.7. The Labute approximate surface area is 203 Å². The summed E-state index contributed by atoms with van der Waals surface area (Å²) in [5.41, 5.74) is 5.50. The van der Waals surface area contributed by atoms with E-state index in [1.165, 1.54) is 16.9 Å². The quantitative estimate of drug-likeness (QED) is 0.444. The number of H-pyrrole nitrogens is 1. The van der Waals surface area contributed by atoms with E-state index in [2.05, 4.69) is 67.0 Å². The van der Waals surface area contributed by atoms with Crippen molar-refractivity contribution in [2.24, 2.45) is 0 Å². The van der Waals surface area contributed by atoms with Gasteiger partial charge in [0.15, 0.2) is 0 Å². The van der Waals surface area contributed by atoms with Crippen molar-refractivity contribution < 1.29 is 4.79 Å². The largest absolute Gasteiger partial charge is 0.336 e. The molecule has 1 atom stereocenters. The monoisotopic (exact) mass is 474 g/mol. The second kappa shape index (κ2) is 8.92. The van der Waals surface area contributed by atoms with Gasteiger partial charge < -0.3 is 4.90 Å². The Hall–Kier alpha value is -3.10. The summed E-state index contributed by atoms with van der Waals surface area (Å²) < 4.78 is 0. The fourth-order valence-electron chi connectivity index (χ4n) is 4.73. The minimum atomic E-state index is -0.0202. The number of thiazole rings is 1. The number of likely N-dealkylation sites (N-methyl/N-ethyl adjacent to an activating group) is 1. The minimum Gasteiger partial charge on any atom is -0.336 e. The first-order valence-corrected chi connectivity index (χ1v) is 12.5. The molecule has 8 heteroatoms. The van der Waals surface area contributed by atoms with Gasteiger partial charge in [0.1, 0.15) is 16.4 Å². The van der Waals surface area contributed by atoms with Crippen molar-refractivity contribution >= 4 is 28.1 Å². The number of aromatic amines is 1. The number of nitrogens with one attached hydrogen (secondary N) is 1. The second-order valence-corrected chi connectivity index (χ2v) is 10.5. The number of aryl methyl sites for hydroxylation is 2. The van der Waals surface area contributed by atoms with Crippen LogP contribution in [0.15, 0.2) is 36.7 Å². The third-order valence-electron chi connectivity index (χ3n) is 6.81. The number of benzene rings is 1. The molecule has 1 N–H and O–H groups in total. The van der Waals surface area contributed by atoms with Crippen molar-refractivity contribution in [3.8, 4) is 21.1 Å². The molecular weight excluding hydrogens is 444 g/mol. The summed E-state index contributed by atoms with van der Waals surface area (Å²) in [5.74, 6) is -0.0202. The molecule has 0 radical (unpaired) electrons. The molecule has 4 aromatic rings. The number of nitrogens with zero attached hydrogens (tertiary/aromatic N) is 5. The van der Waals surface area contributed by atoms with Gasteiger partial charge in [0, 0.05) is 48.5 Å². The van der Waals surface area contributed by atoms with Crippen LogP contribution in [0.4, 0.5) is 0 Å². The van der Waals surface area contributed by atoms with Gasteiger partial charge in [0.05, 0.1) is 10.4 Å². The third kappa shape index (κ3) is 4.01. The Bertz CT molecular complexity index is 1340. The molecule has 1 aliphatic rings. The molecule has 1 aromatic carbocycles. The molecule has 34 heavy (non-hydrogen) atoms. The maximum atomic E-state index is 13.7. The van der Waals surface area contributed by atoms with Gasteiger partial charge in [0.25, 0.3) is 5.91 Å². The highest BCUT2D eigenvalue weighted by atomic mass is 32.1. The minimum absolute atomic E-state index is 0.0202. The fraction of sp³-hybridized carbons (Fsp3) is 0.385. The Morgan fingerprint density at radius 1 is 1.29 bits per heavy atom. The highest BCUT2D eigenvalue weighted by Gasteiger charge is 2.33. The highest BCUT2D eigenvalue weighted by Crippen LogP contribution is 2.38. The first-order valence-electron chi connectivity index (χ1n) is 11.7. The van der Waals surface area contributed by atoms with Crippen molar-refractivity contribution in [2.75, 3.05) is 20.1 Å². The third-order valence-corrected chi connectivity index (χ3v) is 7.92. The lowest BCUT2D eigenvalue weighted by molar-refractivity contribution is 0.0771. The Kier molecular flexibility index (Phi) is 5.95. The Morgan fingerprint density at radius 3 is 2.85 bits per heavy atom. The molecule has 0 aliphatic carbocycles. The molecule has 0 saturated carbocycles. The van der Waals surface area contributed by atoms with E-state index in [0.29, 0.717) is 17.8 Å². The summed E-state index contributed by atoms with van der Waals surface area (Å²) in [6.45, 7) is 10.00. The zero-order valence-corrected chi connectivity index (χ0v) is 21.1. The predicted octanol–water partition coefficient (Wildman–Crippen LogP) is 4.92. The molecule has 1 fully saturated rings. The summed E-state index contributed by atoms with van der Waals surface area (Å²) in [5, 5.41) is 9.54. The van der Waals surface area contributed by atoms with Crippen LogP contribution in [0.5, 0.6) is 0 Å². The molecule has 1 unspecified atom stereocenters. The number of carbonyl (C=O) groups excluding carboxylic acids is 1. The number of amides is 1. The molecular formula is C26H30N6OS. The maximum Gasteiger partial charge on any atom is 0.274 e. The van der Waals surface area contributed by atoms with Gasteiger partial charge in [0.2, 0.25) is 0 Å². The van der Waals surface area contributed by atoms with Crippen LogP contribution < -0.4 is 0 Å². The summed E-state index contributed by atoms with van der Waals surface area (Å²) in [4.78, 5) is 28.0. The summed E-state index contributed by atoms with van der Waals surface area (Å²) in [7, 11) is 2.14. The number of pyridine rings is 1. The molecule has 4 heterocycles. The van der Waals surface area contributed by atoms with Gasteiger partial charge in [-0.3, -0.25) is 19.8 Å². The number of rotatable bonds is 5. The Balaban J connectivity index is 1.56. The van der Waals surface area contributed by atoms with Crippen molar-refractivity contribution in [2.45, 2.75) is 46.2 Å². The number of likely N-dealkylation sites (tertiary alicyclic amines) is 1. The number of fused-ring (bicyclic) bond motifs is 1. The number of hydrogen-bond acceptors (Lipinski definition) is 6. The van der Waals surface area contributed by atoms with Gasteiger partial charge in [-0.1, -0.05) is 17.7 Å². The molecule has 1 amide bonds. The van der Waals surface area contributed by atoms with Crippen LogP contribution in [0.25, 0.3) is 32.0 Å². The van der Waals surface area contributed by atoms with Crippen LogP contribution in [0.1, 0.15) is 41.9 Å². The molecule has 1 aliphatic heterocycles. The number of hydrogen-bond donors (Lipinski definition) is 1. The zero-order valence-electron chi connectivity index (χ0n) is 20.3. The van der Waals surface area contributed by atoms with E-state index in [1.807, 2.05) is 17.0 Å². The molecule has 0 spiro atoms. The number of aromatic nitrogens is 4. The molecule has 1 saturated heterocycles. The number of carbonyl (C=O) groups is 1. The standard InChI is InChI=1S/C26H30N6OS/c1-15(2)31(5)19-8-10-32(14-19)26(33)23-24(18-7-6-9-27-13-18)34-25(28-23)22-20-12-16(3)11-17(4)21(20)29-30-22/h6-7,9,11-13,15,19H,8,10,14H2,1-5H3,(H,29,30). The van der Waals surface area contributed by atoms with Crippen LogP contribution in [0.2, 0.25) is 0 Å². The average Bonchev–Trinajstić information content (AvgIpc) is 3.56. The van der Waals surface area contributed by atoms with Crippen LogP contribution in [-0.2, 0) is 0 Å². The van der Waals surface area contributed by atoms with E-state index in [0.717, 1.165) is 57.1 Å². The average molecular weight is 475 g/mol. The van der Waals surface area contributed by atoms with Crippen molar-refractivity contribution in [1.82, 2.24) is 30.0 Å². The van der Waals surface area contributed by atoms with E-state index in [4.69, 9.17) is 4.98 Å². The van der Waals surface area contributed by atoms with E-state index in [1.54, 1.807) is 12.4 Å². The molecule has 3 aromatic heterocycles. The normalized spacial score (nSPS) is 16.3. The van der Waals surface area contributed by atoms with Crippen LogP contribution in [-0.4, -0.2) is 68.1 Å². The molecule has 176 valence electrons. The van der Waals surface area contributed by atoms with E-state index < -0.39 is 0 Å². The zero-order chi connectivity index (χ0) is 24.0. The summed E-state index contributed by atoms with van der Waals surface area (Å²) in [6.07, 6.45) is 4.51.